The van der Waals surface area contributed by atoms with Gasteiger partial charge in [-0.3, -0.25) is 0 Å². The van der Waals surface area contributed by atoms with E-state index in [2.05, 4.69) is 172 Å². The smallest absolute Gasteiger partial charge is 0.0399 e. The zero-order chi connectivity index (χ0) is 32.0. The summed E-state index contributed by atoms with van der Waals surface area (Å²) in [6, 6.07) is 58.5. The van der Waals surface area contributed by atoms with E-state index in [-0.39, 0.29) is 5.41 Å². The maximum absolute atomic E-state index is 2.50. The van der Waals surface area contributed by atoms with Gasteiger partial charge in [0.15, 0.2) is 0 Å². The predicted octanol–water partition coefficient (Wildman–Crippen LogP) is 13.7. The molecule has 48 heavy (non-hydrogen) atoms. The fraction of sp³-hybridized carbons (Fsp3) is 0.0638. The predicted molar refractivity (Wildman–Crippen MR) is 208 cm³/mol. The lowest BCUT2D eigenvalue weighted by atomic mass is 9.79. The van der Waals surface area contributed by atoms with Gasteiger partial charge in [-0.05, 0) is 99.9 Å². The molecule has 0 radical (unpaired) electrons. The van der Waals surface area contributed by atoms with Crippen LogP contribution in [0.25, 0.3) is 86.2 Å². The highest BCUT2D eigenvalue weighted by molar-refractivity contribution is 7.22. The van der Waals surface area contributed by atoms with Gasteiger partial charge in [0.1, 0.15) is 0 Å². The second-order valence-corrected chi connectivity index (χ2v) is 14.7. The number of hydrogen-bond acceptors (Lipinski definition) is 1. The van der Waals surface area contributed by atoms with Crippen LogP contribution in [0.4, 0.5) is 0 Å². The molecule has 226 valence electrons. The van der Waals surface area contributed by atoms with E-state index in [0.717, 1.165) is 0 Å². The normalized spacial score (nSPS) is 13.4. The van der Waals surface area contributed by atoms with Gasteiger partial charge in [0, 0.05) is 15.0 Å². The third-order valence-electron chi connectivity index (χ3n) is 10.6. The maximum atomic E-state index is 2.50. The number of rotatable bonds is 3. The van der Waals surface area contributed by atoms with E-state index in [9.17, 15) is 0 Å². The van der Waals surface area contributed by atoms with Crippen molar-refractivity contribution in [2.75, 3.05) is 0 Å². The van der Waals surface area contributed by atoms with Crippen LogP contribution in [0.5, 0.6) is 0 Å². The zero-order valence-corrected chi connectivity index (χ0v) is 27.7. The zero-order valence-electron chi connectivity index (χ0n) is 26.9. The van der Waals surface area contributed by atoms with Gasteiger partial charge in [-0.1, -0.05) is 159 Å². The Bertz CT molecular complexity index is 2680. The molecule has 0 amide bonds. The second kappa shape index (κ2) is 10.2. The monoisotopic (exact) mass is 628 g/mol. The van der Waals surface area contributed by atoms with Crippen molar-refractivity contribution in [3.63, 3.8) is 0 Å². The van der Waals surface area contributed by atoms with Crippen LogP contribution in [0.15, 0.2) is 158 Å². The van der Waals surface area contributed by atoms with Crippen molar-refractivity contribution in [1.29, 1.82) is 0 Å². The van der Waals surface area contributed by atoms with Gasteiger partial charge in [0.2, 0.25) is 0 Å². The van der Waals surface area contributed by atoms with Crippen LogP contribution in [0.2, 0.25) is 0 Å². The van der Waals surface area contributed by atoms with E-state index in [1.165, 1.54) is 97.4 Å². The fourth-order valence-electron chi connectivity index (χ4n) is 8.44. The molecular formula is C47H32S. The lowest BCUT2D eigenvalue weighted by Crippen LogP contribution is -2.15. The molecule has 0 saturated carbocycles. The lowest BCUT2D eigenvalue weighted by molar-refractivity contribution is 0.667. The summed E-state index contributed by atoms with van der Waals surface area (Å²) in [6.45, 7) is 4.83. The third kappa shape index (κ3) is 3.89. The van der Waals surface area contributed by atoms with Crippen LogP contribution < -0.4 is 0 Å². The Kier molecular flexibility index (Phi) is 5.89. The van der Waals surface area contributed by atoms with Crippen molar-refractivity contribution in [3.05, 3.63) is 169 Å². The molecule has 1 heteroatoms. The van der Waals surface area contributed by atoms with Crippen molar-refractivity contribution in [1.82, 2.24) is 0 Å². The Morgan fingerprint density at radius 3 is 1.75 bits per heavy atom. The molecule has 1 heterocycles. The van der Waals surface area contributed by atoms with E-state index < -0.39 is 0 Å². The Labute approximate surface area is 284 Å². The summed E-state index contributed by atoms with van der Waals surface area (Å²) >= 11 is 1.95. The first-order valence-electron chi connectivity index (χ1n) is 16.8. The summed E-state index contributed by atoms with van der Waals surface area (Å²) in [5.74, 6) is 0. The van der Waals surface area contributed by atoms with Gasteiger partial charge in [-0.2, -0.15) is 0 Å². The van der Waals surface area contributed by atoms with E-state index in [1.807, 2.05) is 11.3 Å². The van der Waals surface area contributed by atoms with Crippen LogP contribution in [0.3, 0.4) is 0 Å². The Morgan fingerprint density at radius 2 is 1.02 bits per heavy atom. The quantitative estimate of drug-likeness (QED) is 0.171. The maximum Gasteiger partial charge on any atom is 0.0399 e. The summed E-state index contributed by atoms with van der Waals surface area (Å²) in [4.78, 5) is 1.42. The summed E-state index contributed by atoms with van der Waals surface area (Å²) < 4.78 is 1.37. The molecule has 0 spiro atoms. The number of hydrogen-bond donors (Lipinski definition) is 0. The van der Waals surface area contributed by atoms with Gasteiger partial charge in [0.05, 0.1) is 0 Å². The van der Waals surface area contributed by atoms with Crippen molar-refractivity contribution in [3.8, 4) is 43.8 Å². The highest BCUT2D eigenvalue weighted by atomic mass is 32.1. The second-order valence-electron chi connectivity index (χ2n) is 13.6. The van der Waals surface area contributed by atoms with Crippen molar-refractivity contribution >= 4 is 53.7 Å². The van der Waals surface area contributed by atoms with Gasteiger partial charge in [0.25, 0.3) is 0 Å². The number of thiophene rings is 1. The van der Waals surface area contributed by atoms with Crippen LogP contribution in [0.1, 0.15) is 25.0 Å². The molecular weight excluding hydrogens is 597 g/mol. The molecule has 1 aliphatic carbocycles. The molecule has 0 fully saturated rings. The SMILES string of the molecule is CC1(C)c2cc(-c3c4ccccc4c(-c4cccc5ccccc45)c4ccccc34)ccc2-c2sc3cc(-c4ccccc4)ccc3c21. The highest BCUT2D eigenvalue weighted by Gasteiger charge is 2.39. The first-order valence-corrected chi connectivity index (χ1v) is 17.6. The lowest BCUT2D eigenvalue weighted by Gasteiger charge is -2.23. The Morgan fingerprint density at radius 1 is 0.417 bits per heavy atom. The van der Waals surface area contributed by atoms with Gasteiger partial charge < -0.3 is 0 Å². The average molecular weight is 629 g/mol. The van der Waals surface area contributed by atoms with E-state index in [4.69, 9.17) is 0 Å². The Hall–Kier alpha value is -5.50. The van der Waals surface area contributed by atoms with Crippen molar-refractivity contribution in [2.24, 2.45) is 0 Å². The van der Waals surface area contributed by atoms with Crippen molar-refractivity contribution < 1.29 is 0 Å². The topological polar surface area (TPSA) is 0 Å². The molecule has 0 nitrogen and oxygen atoms in total. The molecule has 0 unspecified atom stereocenters. The molecule has 0 saturated heterocycles. The molecule has 9 aromatic rings. The largest absolute Gasteiger partial charge is 0.135 e. The number of fused-ring (bicyclic) bond motifs is 8. The third-order valence-corrected chi connectivity index (χ3v) is 11.8. The molecule has 1 aromatic heterocycles. The first-order chi connectivity index (χ1) is 23.6. The average Bonchev–Trinajstić information content (AvgIpc) is 3.63. The number of benzene rings is 8. The molecule has 1 aliphatic rings. The molecule has 10 rings (SSSR count). The van der Waals surface area contributed by atoms with Crippen molar-refractivity contribution in [2.45, 2.75) is 19.3 Å². The van der Waals surface area contributed by atoms with Crippen LogP contribution in [-0.2, 0) is 5.41 Å². The molecule has 0 atom stereocenters. The van der Waals surface area contributed by atoms with Crippen LogP contribution in [-0.4, -0.2) is 0 Å². The summed E-state index contributed by atoms with van der Waals surface area (Å²) in [7, 11) is 0. The molecule has 0 N–H and O–H groups in total. The minimum Gasteiger partial charge on any atom is -0.135 e. The molecule has 0 aliphatic heterocycles. The van der Waals surface area contributed by atoms with Gasteiger partial charge >= 0.3 is 0 Å². The minimum atomic E-state index is -0.109. The Balaban J connectivity index is 1.19. The van der Waals surface area contributed by atoms with E-state index >= 15 is 0 Å². The standard InChI is InChI=1S/C47H32S/c1-47(2)41-27-32(24-25-39(41)46-45(47)40-26-23-31(28-42(40)48-46)29-13-4-3-5-14-29)43-35-18-8-10-20-37(35)44(38-21-11-9-19-36(38)43)34-22-12-16-30-15-6-7-17-33(30)34/h3-28H,1-2H3. The summed E-state index contributed by atoms with van der Waals surface area (Å²) in [6.07, 6.45) is 0. The molecule has 0 bridgehead atoms. The highest BCUT2D eigenvalue weighted by Crippen LogP contribution is 2.57. The first kappa shape index (κ1) is 27.6. The van der Waals surface area contributed by atoms with Gasteiger partial charge in [-0.25, -0.2) is 0 Å². The minimum absolute atomic E-state index is 0.109. The fourth-order valence-corrected chi connectivity index (χ4v) is 9.88. The molecule has 8 aromatic carbocycles. The summed E-state index contributed by atoms with van der Waals surface area (Å²) in [5, 5.41) is 9.11. The van der Waals surface area contributed by atoms with E-state index in [1.54, 1.807) is 0 Å². The van der Waals surface area contributed by atoms with Crippen LogP contribution in [0, 0.1) is 0 Å². The van der Waals surface area contributed by atoms with E-state index in [0.29, 0.717) is 0 Å². The van der Waals surface area contributed by atoms with Crippen LogP contribution >= 0.6 is 11.3 Å². The summed E-state index contributed by atoms with van der Waals surface area (Å²) in [5.41, 5.74) is 11.9. The van der Waals surface area contributed by atoms with Gasteiger partial charge in [-0.15, -0.1) is 11.3 Å².